The molecule has 1 heterocycles. The van der Waals surface area contributed by atoms with Crippen LogP contribution < -0.4 is 5.32 Å². The Morgan fingerprint density at radius 1 is 1.43 bits per heavy atom. The fourth-order valence-electron chi connectivity index (χ4n) is 1.76. The van der Waals surface area contributed by atoms with Gasteiger partial charge in [-0.3, -0.25) is 0 Å². The van der Waals surface area contributed by atoms with Crippen LogP contribution in [0, 0.1) is 0 Å². The van der Waals surface area contributed by atoms with Crippen molar-refractivity contribution in [1.82, 2.24) is 5.32 Å². The summed E-state index contributed by atoms with van der Waals surface area (Å²) >= 11 is 0. The molecule has 84 valence electrons. The maximum atomic E-state index is 5.47. The van der Waals surface area contributed by atoms with Gasteiger partial charge in [-0.1, -0.05) is 20.3 Å². The first-order valence-electron chi connectivity index (χ1n) is 5.79. The van der Waals surface area contributed by atoms with Crippen LogP contribution in [-0.4, -0.2) is 32.1 Å². The molecular weight excluding hydrogens is 178 g/mol. The molecule has 0 aliphatic carbocycles. The fraction of sp³-hybridized carbons (Fsp3) is 1.00. The Morgan fingerprint density at radius 3 is 2.86 bits per heavy atom. The Balaban J connectivity index is 2.10. The summed E-state index contributed by atoms with van der Waals surface area (Å²) in [5.41, 5.74) is 0. The largest absolute Gasteiger partial charge is 0.355 e. The van der Waals surface area contributed by atoms with Gasteiger partial charge in [-0.2, -0.15) is 0 Å². The molecule has 0 aromatic carbocycles. The van der Waals surface area contributed by atoms with E-state index >= 15 is 0 Å². The van der Waals surface area contributed by atoms with Gasteiger partial charge in [0.2, 0.25) is 0 Å². The van der Waals surface area contributed by atoms with E-state index in [9.17, 15) is 0 Å². The van der Waals surface area contributed by atoms with Crippen LogP contribution in [0.1, 0.15) is 39.5 Å². The standard InChI is InChI=1S/C11H23NO2/c1-3-5-10(4-2)12-8-11-6-7-13-9-14-11/h10-12H,3-9H2,1-2H3. The molecule has 2 atom stereocenters. The van der Waals surface area contributed by atoms with Crippen LogP contribution >= 0.6 is 0 Å². The maximum absolute atomic E-state index is 5.47. The van der Waals surface area contributed by atoms with Crippen molar-refractivity contribution < 1.29 is 9.47 Å². The summed E-state index contributed by atoms with van der Waals surface area (Å²) in [7, 11) is 0. The van der Waals surface area contributed by atoms with Crippen LogP contribution in [0.3, 0.4) is 0 Å². The first kappa shape index (κ1) is 12.0. The van der Waals surface area contributed by atoms with Gasteiger partial charge in [0.15, 0.2) is 0 Å². The highest BCUT2D eigenvalue weighted by Gasteiger charge is 2.15. The lowest BCUT2D eigenvalue weighted by Crippen LogP contribution is -2.39. The number of hydrogen-bond acceptors (Lipinski definition) is 3. The molecule has 0 aromatic heterocycles. The van der Waals surface area contributed by atoms with Gasteiger partial charge in [-0.25, -0.2) is 0 Å². The maximum Gasteiger partial charge on any atom is 0.147 e. The summed E-state index contributed by atoms with van der Waals surface area (Å²) in [4.78, 5) is 0. The second-order valence-corrected chi connectivity index (χ2v) is 3.91. The first-order valence-corrected chi connectivity index (χ1v) is 5.79. The zero-order valence-electron chi connectivity index (χ0n) is 9.42. The second-order valence-electron chi connectivity index (χ2n) is 3.91. The lowest BCUT2D eigenvalue weighted by Gasteiger charge is -2.25. The van der Waals surface area contributed by atoms with E-state index in [-0.39, 0.29) is 0 Å². The predicted octanol–water partition coefficient (Wildman–Crippen LogP) is 1.92. The Kier molecular flexibility index (Phi) is 6.15. The van der Waals surface area contributed by atoms with Crippen LogP contribution in [0.5, 0.6) is 0 Å². The summed E-state index contributed by atoms with van der Waals surface area (Å²) < 4.78 is 10.6. The van der Waals surface area contributed by atoms with Gasteiger partial charge in [0.05, 0.1) is 12.7 Å². The molecule has 1 rings (SSSR count). The molecule has 2 unspecified atom stereocenters. The minimum absolute atomic E-state index is 0.356. The molecule has 0 radical (unpaired) electrons. The van der Waals surface area contributed by atoms with Crippen molar-refractivity contribution in [1.29, 1.82) is 0 Å². The molecule has 1 saturated heterocycles. The van der Waals surface area contributed by atoms with Crippen LogP contribution in [-0.2, 0) is 9.47 Å². The Hall–Kier alpha value is -0.120. The summed E-state index contributed by atoms with van der Waals surface area (Å²) in [6.07, 6.45) is 5.10. The van der Waals surface area contributed by atoms with E-state index in [1.54, 1.807) is 0 Å². The smallest absolute Gasteiger partial charge is 0.147 e. The third-order valence-corrected chi connectivity index (χ3v) is 2.74. The molecule has 3 nitrogen and oxygen atoms in total. The molecule has 0 saturated carbocycles. The average Bonchev–Trinajstić information content (AvgIpc) is 2.25. The summed E-state index contributed by atoms with van der Waals surface area (Å²) in [5.74, 6) is 0. The number of ether oxygens (including phenoxy) is 2. The monoisotopic (exact) mass is 201 g/mol. The minimum atomic E-state index is 0.356. The van der Waals surface area contributed by atoms with E-state index in [1.165, 1.54) is 19.3 Å². The SMILES string of the molecule is CCCC(CC)NCC1CCOCO1. The van der Waals surface area contributed by atoms with Crippen molar-refractivity contribution in [3.63, 3.8) is 0 Å². The molecule has 1 aliphatic rings. The van der Waals surface area contributed by atoms with E-state index < -0.39 is 0 Å². The highest BCUT2D eigenvalue weighted by Crippen LogP contribution is 2.06. The average molecular weight is 201 g/mol. The van der Waals surface area contributed by atoms with Crippen molar-refractivity contribution in [2.24, 2.45) is 0 Å². The third-order valence-electron chi connectivity index (χ3n) is 2.74. The zero-order chi connectivity index (χ0) is 10.2. The van der Waals surface area contributed by atoms with Gasteiger partial charge < -0.3 is 14.8 Å². The number of rotatable bonds is 6. The number of hydrogen-bond donors (Lipinski definition) is 1. The minimum Gasteiger partial charge on any atom is -0.355 e. The summed E-state index contributed by atoms with van der Waals surface area (Å²) in [5, 5.41) is 3.56. The number of nitrogens with one attached hydrogen (secondary N) is 1. The first-order chi connectivity index (χ1) is 6.86. The Morgan fingerprint density at radius 2 is 2.29 bits per heavy atom. The van der Waals surface area contributed by atoms with E-state index in [4.69, 9.17) is 9.47 Å². The predicted molar refractivity (Wildman–Crippen MR) is 57.3 cm³/mol. The molecule has 0 aromatic rings. The van der Waals surface area contributed by atoms with Crippen molar-refractivity contribution >= 4 is 0 Å². The molecule has 14 heavy (non-hydrogen) atoms. The van der Waals surface area contributed by atoms with E-state index in [0.29, 0.717) is 18.9 Å². The van der Waals surface area contributed by atoms with Crippen molar-refractivity contribution in [3.05, 3.63) is 0 Å². The van der Waals surface area contributed by atoms with Crippen molar-refractivity contribution in [2.75, 3.05) is 19.9 Å². The highest BCUT2D eigenvalue weighted by atomic mass is 16.7. The van der Waals surface area contributed by atoms with Crippen LogP contribution in [0.4, 0.5) is 0 Å². The van der Waals surface area contributed by atoms with E-state index in [1.807, 2.05) is 0 Å². The van der Waals surface area contributed by atoms with Gasteiger partial charge in [-0.05, 0) is 19.3 Å². The van der Waals surface area contributed by atoms with Crippen LogP contribution in [0.25, 0.3) is 0 Å². The van der Waals surface area contributed by atoms with Crippen molar-refractivity contribution in [3.8, 4) is 0 Å². The molecule has 0 amide bonds. The zero-order valence-corrected chi connectivity index (χ0v) is 9.42. The molecule has 3 heteroatoms. The molecule has 0 spiro atoms. The molecular formula is C11H23NO2. The summed E-state index contributed by atoms with van der Waals surface area (Å²) in [6, 6.07) is 0.659. The molecule has 0 bridgehead atoms. The topological polar surface area (TPSA) is 30.5 Å². The van der Waals surface area contributed by atoms with Gasteiger partial charge in [0.1, 0.15) is 6.79 Å². The second kappa shape index (κ2) is 7.21. The molecule has 1 fully saturated rings. The highest BCUT2D eigenvalue weighted by molar-refractivity contribution is 4.69. The van der Waals surface area contributed by atoms with Crippen molar-refractivity contribution in [2.45, 2.75) is 51.7 Å². The lowest BCUT2D eigenvalue weighted by molar-refractivity contribution is -0.137. The van der Waals surface area contributed by atoms with Crippen LogP contribution in [0.2, 0.25) is 0 Å². The van der Waals surface area contributed by atoms with Gasteiger partial charge in [0, 0.05) is 12.6 Å². The van der Waals surface area contributed by atoms with E-state index in [2.05, 4.69) is 19.2 Å². The Bertz CT molecular complexity index is 130. The van der Waals surface area contributed by atoms with Crippen LogP contribution in [0.15, 0.2) is 0 Å². The molecule has 1 N–H and O–H groups in total. The quantitative estimate of drug-likeness (QED) is 0.712. The fourth-order valence-corrected chi connectivity index (χ4v) is 1.76. The van der Waals surface area contributed by atoms with E-state index in [0.717, 1.165) is 19.6 Å². The van der Waals surface area contributed by atoms with Gasteiger partial charge in [-0.15, -0.1) is 0 Å². The normalized spacial score (nSPS) is 24.9. The lowest BCUT2D eigenvalue weighted by atomic mass is 10.1. The molecule has 1 aliphatic heterocycles. The third kappa shape index (κ3) is 4.40. The van der Waals surface area contributed by atoms with Gasteiger partial charge >= 0.3 is 0 Å². The Labute approximate surface area is 87.2 Å². The summed E-state index contributed by atoms with van der Waals surface area (Å²) in [6.45, 7) is 6.75. The van der Waals surface area contributed by atoms with Gasteiger partial charge in [0.25, 0.3) is 0 Å².